The number of esters is 1. The van der Waals surface area contributed by atoms with Crippen LogP contribution in [0.1, 0.15) is 32.6 Å². The maximum absolute atomic E-state index is 14.1. The molecular formula is C33H37Cl4F29I2O11S3. The Morgan fingerprint density at radius 3 is 1.35 bits per heavy atom. The standard InChI is InChI=1S/C11H12F8O3S.C9H12F5IO3.C8H6Cl2F9IO3S.C3H2Cl2F4.CH2F2.CH3FO2S/c1-4-5-8(13,6-7(2)12)9(14,15)22-10(16,17)11(18,19)23(3,20)21;1-6(16)17-4-7(15)2-3-8(11,12)9(13,14)18-5-10;1-24(21,22)2-4(11,12)23-8(18,19)7(17,20)5(13,14)3(9)6(10,15)16;4-2(7,1-6)3(5,8)9;2-1-3;1-5(2,3)4/h4H,1-2,5-6H2,3H3;7H,2-5H2,1H3;3H,2H2,1H3;1H2;1H2;1H3. The minimum atomic E-state index is -6.29. The van der Waals surface area contributed by atoms with Crippen molar-refractivity contribution in [2.45, 2.75) is 115 Å². The quantitative estimate of drug-likeness (QED) is 0.0193. The van der Waals surface area contributed by atoms with Crippen molar-refractivity contribution in [1.29, 1.82) is 0 Å². The molecule has 82 heavy (non-hydrogen) atoms. The van der Waals surface area contributed by atoms with E-state index in [0.717, 1.165) is 6.92 Å². The molecule has 0 saturated carbocycles. The number of carbonyl (C=O) groups is 1. The van der Waals surface area contributed by atoms with Gasteiger partial charge >= 0.3 is 68.1 Å². The summed E-state index contributed by atoms with van der Waals surface area (Å²) in [5.74, 6) is -15.1. The molecule has 0 rings (SSSR count). The van der Waals surface area contributed by atoms with E-state index in [9.17, 15) is 148 Å². The number of carbonyl (C=O) groups excluding carboxylic acids is 1. The van der Waals surface area contributed by atoms with Gasteiger partial charge in [0.25, 0.3) is 15.4 Å². The molecular weight excluding hydrogens is 1620 g/mol. The van der Waals surface area contributed by atoms with Gasteiger partial charge in [-0.3, -0.25) is 14.3 Å². The highest BCUT2D eigenvalue weighted by Gasteiger charge is 2.77. The van der Waals surface area contributed by atoms with Crippen LogP contribution in [0.4, 0.5) is 127 Å². The van der Waals surface area contributed by atoms with Crippen LogP contribution in [0.15, 0.2) is 25.1 Å². The van der Waals surface area contributed by atoms with Gasteiger partial charge in [0, 0.05) is 42.6 Å². The predicted octanol–water partition coefficient (Wildman–Crippen LogP) is 15.2. The average molecular weight is 1650 g/mol. The molecule has 498 valence electrons. The molecule has 0 aliphatic rings. The van der Waals surface area contributed by atoms with Crippen LogP contribution in [-0.4, -0.2) is 165 Å². The summed E-state index contributed by atoms with van der Waals surface area (Å²) >= 11 is 18.1. The summed E-state index contributed by atoms with van der Waals surface area (Å²) in [6, 6.07) is 0. The summed E-state index contributed by atoms with van der Waals surface area (Å²) < 4.78 is 431. The zero-order valence-corrected chi connectivity index (χ0v) is 49.7. The van der Waals surface area contributed by atoms with E-state index in [1.165, 1.54) is 0 Å². The summed E-state index contributed by atoms with van der Waals surface area (Å²) in [7, 11) is -14.7. The number of rotatable bonds is 27. The molecule has 0 amide bonds. The van der Waals surface area contributed by atoms with Crippen molar-refractivity contribution >= 4 is 127 Å². The zero-order chi connectivity index (χ0) is 68.2. The van der Waals surface area contributed by atoms with Crippen LogP contribution in [0.3, 0.4) is 0 Å². The van der Waals surface area contributed by atoms with Crippen LogP contribution in [0.25, 0.3) is 0 Å². The Labute approximate surface area is 491 Å². The molecule has 0 aromatic rings. The SMILES string of the molecule is C=CCC(F)(CC(=C)F)C(F)(F)OC(F)(F)C(F)(F)S(C)(=O)=O.CC(=O)OCC(I)CCC(F)(F)C(F)(F)OCF.CS(=O)(=O)CC(F)(F)OC(F)(F)C(F)(I)C(F)(F)C(Cl)C(F)(F)Cl.CS(=O)(=O)F.FCC(F)(Cl)C(F)(F)Cl.FCF. The van der Waals surface area contributed by atoms with Gasteiger partial charge in [0.05, 0.1) is 12.1 Å². The fraction of sp³-hybridized carbons (Fsp3) is 0.848. The van der Waals surface area contributed by atoms with Crippen molar-refractivity contribution < 1.29 is 176 Å². The lowest BCUT2D eigenvalue weighted by molar-refractivity contribution is -0.440. The Hall–Kier alpha value is -0.730. The average Bonchev–Trinajstić information content (AvgIpc) is 3.19. The molecule has 0 fully saturated rings. The van der Waals surface area contributed by atoms with Gasteiger partial charge in [-0.1, -0.05) is 46.8 Å². The first kappa shape index (κ1) is 92.4. The molecule has 0 bridgehead atoms. The highest BCUT2D eigenvalue weighted by Crippen LogP contribution is 2.57. The Morgan fingerprint density at radius 1 is 0.695 bits per heavy atom. The fourth-order valence-electron chi connectivity index (χ4n) is 3.52. The third-order valence-corrected chi connectivity index (χ3v) is 13.1. The second-order valence-electron chi connectivity index (χ2n) is 14.5. The lowest BCUT2D eigenvalue weighted by Gasteiger charge is -2.38. The van der Waals surface area contributed by atoms with Crippen molar-refractivity contribution in [3.05, 3.63) is 25.1 Å². The monoisotopic (exact) mass is 1650 g/mol. The van der Waals surface area contributed by atoms with E-state index in [1.807, 2.05) is 0 Å². The minimum Gasteiger partial charge on any atom is -0.465 e. The van der Waals surface area contributed by atoms with Crippen LogP contribution in [0, 0.1) is 0 Å². The second kappa shape index (κ2) is 34.3. The Morgan fingerprint density at radius 2 is 1.09 bits per heavy atom. The topological polar surface area (TPSA) is 156 Å². The predicted molar refractivity (Wildman–Crippen MR) is 248 cm³/mol. The first-order valence-corrected chi connectivity index (χ1v) is 28.5. The lowest BCUT2D eigenvalue weighted by atomic mass is 9.95. The van der Waals surface area contributed by atoms with Gasteiger partial charge in [-0.05, 0) is 52.2 Å². The summed E-state index contributed by atoms with van der Waals surface area (Å²) in [4.78, 5) is 10.4. The van der Waals surface area contributed by atoms with Crippen molar-refractivity contribution in [3.8, 4) is 0 Å². The van der Waals surface area contributed by atoms with Crippen LogP contribution in [-0.2, 0) is 53.6 Å². The summed E-state index contributed by atoms with van der Waals surface area (Å²) in [5.41, 5.74) is -4.24. The summed E-state index contributed by atoms with van der Waals surface area (Å²) in [5, 5.41) is -23.4. The van der Waals surface area contributed by atoms with Crippen LogP contribution in [0.2, 0.25) is 0 Å². The number of sulfone groups is 2. The number of hydrogen-bond donors (Lipinski definition) is 0. The van der Waals surface area contributed by atoms with E-state index in [0.29, 0.717) is 12.3 Å². The van der Waals surface area contributed by atoms with Crippen LogP contribution in [0.5, 0.6) is 0 Å². The molecule has 5 unspecified atom stereocenters. The van der Waals surface area contributed by atoms with Crippen LogP contribution >= 0.6 is 91.6 Å². The molecule has 0 aliphatic carbocycles. The molecule has 0 aliphatic heterocycles. The first-order chi connectivity index (χ1) is 35.3. The number of alkyl halides is 33. The van der Waals surface area contributed by atoms with Gasteiger partial charge in [0.1, 0.15) is 19.0 Å². The molecule has 0 aromatic heterocycles. The van der Waals surface area contributed by atoms with Crippen molar-refractivity contribution in [2.75, 3.05) is 51.6 Å². The fourth-order valence-corrected chi connectivity index (χ4v) is 6.10. The lowest BCUT2D eigenvalue weighted by Crippen LogP contribution is -2.62. The summed E-state index contributed by atoms with van der Waals surface area (Å²) in [6.45, 7) is 0.517. The maximum atomic E-state index is 14.1. The third kappa shape index (κ3) is 34.1. The van der Waals surface area contributed by atoms with E-state index in [-0.39, 0.29) is 25.5 Å². The van der Waals surface area contributed by atoms with E-state index in [4.69, 9.17) is 8.42 Å². The third-order valence-electron chi connectivity index (χ3n) is 7.10. The highest BCUT2D eigenvalue weighted by atomic mass is 127. The second-order valence-corrected chi connectivity index (χ2v) is 25.4. The number of hydrogen-bond acceptors (Lipinski definition) is 11. The normalized spacial score (nSPS) is 16.5. The molecule has 5 atom stereocenters. The molecule has 0 spiro atoms. The van der Waals surface area contributed by atoms with E-state index >= 15 is 0 Å². The first-order valence-electron chi connectivity index (χ1n) is 18.9. The van der Waals surface area contributed by atoms with Gasteiger partial charge in [-0.25, -0.2) is 56.7 Å². The number of allylic oxidation sites excluding steroid dienone is 2. The van der Waals surface area contributed by atoms with Gasteiger partial charge in [-0.15, -0.1) is 22.1 Å². The van der Waals surface area contributed by atoms with E-state index in [2.05, 4.69) is 78.5 Å². The van der Waals surface area contributed by atoms with E-state index < -0.39 is 192 Å². The Bertz CT molecular complexity index is 2300. The molecule has 0 aromatic carbocycles. The summed E-state index contributed by atoms with van der Waals surface area (Å²) in [6.07, 6.45) is -32.4. The smallest absolute Gasteiger partial charge is 0.439 e. The maximum Gasteiger partial charge on any atom is 0.439 e. The van der Waals surface area contributed by atoms with Crippen molar-refractivity contribution in [3.63, 3.8) is 0 Å². The van der Waals surface area contributed by atoms with Gasteiger partial charge < -0.3 is 4.74 Å². The molecule has 0 heterocycles. The number of ether oxygens (including phenoxy) is 4. The van der Waals surface area contributed by atoms with Crippen molar-refractivity contribution in [1.82, 2.24) is 0 Å². The molecule has 0 radical (unpaired) electrons. The Balaban J connectivity index is -0.000000232. The van der Waals surface area contributed by atoms with E-state index in [1.54, 1.807) is 22.6 Å². The molecule has 0 N–H and O–H groups in total. The Kier molecular flexibility index (Phi) is 38.7. The highest BCUT2D eigenvalue weighted by molar-refractivity contribution is 14.1. The number of halogens is 35. The van der Waals surface area contributed by atoms with Gasteiger partial charge in [-0.2, -0.15) is 96.2 Å². The zero-order valence-electron chi connectivity index (χ0n) is 40.0. The molecule has 11 nitrogen and oxygen atoms in total. The molecule has 0 saturated heterocycles. The largest absolute Gasteiger partial charge is 0.465 e. The van der Waals surface area contributed by atoms with Crippen molar-refractivity contribution in [2.24, 2.45) is 0 Å². The minimum absolute atomic E-state index is 0.151. The molecule has 49 heteroatoms. The van der Waals surface area contributed by atoms with Crippen LogP contribution < -0.4 is 0 Å². The van der Waals surface area contributed by atoms with Gasteiger partial charge in [0.15, 0.2) is 22.1 Å². The van der Waals surface area contributed by atoms with Gasteiger partial charge in [0.2, 0.25) is 22.4 Å².